The van der Waals surface area contributed by atoms with Crippen LogP contribution in [0, 0.1) is 0 Å². The molecule has 0 saturated heterocycles. The molecule has 0 heterocycles. The lowest BCUT2D eigenvalue weighted by Gasteiger charge is -2.09. The van der Waals surface area contributed by atoms with Crippen LogP contribution in [0.4, 0.5) is 0 Å². The van der Waals surface area contributed by atoms with Crippen LogP contribution in [-0.2, 0) is 17.9 Å². The molecule has 2 heteroatoms. The summed E-state index contributed by atoms with van der Waals surface area (Å²) in [6.07, 6.45) is 4.15. The van der Waals surface area contributed by atoms with Gasteiger partial charge in [-0.3, -0.25) is 0 Å². The summed E-state index contributed by atoms with van der Waals surface area (Å²) in [7, 11) is 0. The molecule has 2 aromatic rings. The second kappa shape index (κ2) is 9.11. The summed E-state index contributed by atoms with van der Waals surface area (Å²) in [5.41, 5.74) is 3.77. The van der Waals surface area contributed by atoms with E-state index in [0.29, 0.717) is 13.2 Å². The lowest BCUT2D eigenvalue weighted by molar-refractivity contribution is 0.148. The monoisotopic (exact) mass is 281 g/mol. The normalized spacial score (nSPS) is 11.1. The van der Waals surface area contributed by atoms with Crippen LogP contribution in [0.3, 0.4) is 0 Å². The standard InChI is InChI=1S/C19H23NO/c1-2-20-15-18-12-6-7-13-19(18)16-21-14-8-11-17-9-4-3-5-10-17/h3-13,20H,2,14-16H2,1H3. The molecule has 0 amide bonds. The van der Waals surface area contributed by atoms with Crippen molar-refractivity contribution in [1.82, 2.24) is 5.32 Å². The first-order valence-electron chi connectivity index (χ1n) is 7.47. The Kier molecular flexibility index (Phi) is 6.72. The molecule has 0 atom stereocenters. The zero-order valence-corrected chi connectivity index (χ0v) is 12.6. The summed E-state index contributed by atoms with van der Waals surface area (Å²) in [4.78, 5) is 0. The van der Waals surface area contributed by atoms with Gasteiger partial charge in [0.25, 0.3) is 0 Å². The van der Waals surface area contributed by atoms with Gasteiger partial charge in [0.2, 0.25) is 0 Å². The first-order valence-corrected chi connectivity index (χ1v) is 7.47. The number of nitrogens with one attached hydrogen (secondary N) is 1. The maximum atomic E-state index is 5.75. The summed E-state index contributed by atoms with van der Waals surface area (Å²) in [6, 6.07) is 18.7. The molecule has 21 heavy (non-hydrogen) atoms. The third-order valence-electron chi connectivity index (χ3n) is 3.27. The predicted molar refractivity (Wildman–Crippen MR) is 89.0 cm³/mol. The molecule has 2 aromatic carbocycles. The molecule has 0 spiro atoms. The second-order valence-corrected chi connectivity index (χ2v) is 4.88. The predicted octanol–water partition coefficient (Wildman–Crippen LogP) is 4.03. The Morgan fingerprint density at radius 2 is 1.67 bits per heavy atom. The molecule has 0 aliphatic rings. The lowest BCUT2D eigenvalue weighted by atomic mass is 10.1. The quantitative estimate of drug-likeness (QED) is 0.738. The largest absolute Gasteiger partial charge is 0.373 e. The van der Waals surface area contributed by atoms with Crippen molar-refractivity contribution in [2.75, 3.05) is 13.2 Å². The Labute approximate surface area is 127 Å². The number of ether oxygens (including phenoxy) is 1. The van der Waals surface area contributed by atoms with Crippen molar-refractivity contribution in [3.8, 4) is 0 Å². The molecular formula is C19H23NO. The molecule has 0 fully saturated rings. The first kappa shape index (κ1) is 15.5. The van der Waals surface area contributed by atoms with E-state index in [2.05, 4.69) is 60.8 Å². The van der Waals surface area contributed by atoms with Gasteiger partial charge in [0.1, 0.15) is 0 Å². The Hall–Kier alpha value is -1.90. The Morgan fingerprint density at radius 3 is 2.43 bits per heavy atom. The van der Waals surface area contributed by atoms with Crippen molar-refractivity contribution in [2.45, 2.75) is 20.1 Å². The van der Waals surface area contributed by atoms with Gasteiger partial charge in [-0.15, -0.1) is 0 Å². The topological polar surface area (TPSA) is 21.3 Å². The highest BCUT2D eigenvalue weighted by molar-refractivity contribution is 5.48. The lowest BCUT2D eigenvalue weighted by Crippen LogP contribution is -2.13. The summed E-state index contributed by atoms with van der Waals surface area (Å²) in [5, 5.41) is 3.36. The maximum Gasteiger partial charge on any atom is 0.0724 e. The van der Waals surface area contributed by atoms with Crippen LogP contribution in [0.2, 0.25) is 0 Å². The van der Waals surface area contributed by atoms with Crippen molar-refractivity contribution in [3.63, 3.8) is 0 Å². The number of hydrogen-bond acceptors (Lipinski definition) is 2. The van der Waals surface area contributed by atoms with E-state index in [1.165, 1.54) is 16.7 Å². The van der Waals surface area contributed by atoms with E-state index in [9.17, 15) is 0 Å². The van der Waals surface area contributed by atoms with Gasteiger partial charge in [-0.2, -0.15) is 0 Å². The highest BCUT2D eigenvalue weighted by Gasteiger charge is 2.00. The number of hydrogen-bond donors (Lipinski definition) is 1. The third kappa shape index (κ3) is 5.54. The highest BCUT2D eigenvalue weighted by Crippen LogP contribution is 2.10. The SMILES string of the molecule is CCNCc1ccccc1COCC=Cc1ccccc1. The minimum Gasteiger partial charge on any atom is -0.373 e. The van der Waals surface area contributed by atoms with Crippen molar-refractivity contribution >= 4 is 6.08 Å². The number of rotatable bonds is 8. The molecule has 0 bridgehead atoms. The fourth-order valence-electron chi connectivity index (χ4n) is 2.12. The van der Waals surface area contributed by atoms with Gasteiger partial charge in [0.05, 0.1) is 13.2 Å². The molecular weight excluding hydrogens is 258 g/mol. The zero-order chi connectivity index (χ0) is 14.8. The molecule has 1 N–H and O–H groups in total. The van der Waals surface area contributed by atoms with E-state index in [1.807, 2.05) is 18.2 Å². The van der Waals surface area contributed by atoms with Gasteiger partial charge in [-0.05, 0) is 23.2 Å². The van der Waals surface area contributed by atoms with Crippen LogP contribution in [0.25, 0.3) is 6.08 Å². The molecule has 0 aliphatic heterocycles. The molecule has 0 unspecified atom stereocenters. The smallest absolute Gasteiger partial charge is 0.0724 e. The van der Waals surface area contributed by atoms with Crippen LogP contribution in [0.1, 0.15) is 23.6 Å². The second-order valence-electron chi connectivity index (χ2n) is 4.88. The fraction of sp³-hybridized carbons (Fsp3) is 0.263. The summed E-state index contributed by atoms with van der Waals surface area (Å²) < 4.78 is 5.75. The molecule has 2 nitrogen and oxygen atoms in total. The molecule has 2 rings (SSSR count). The Bertz CT molecular complexity index is 549. The Morgan fingerprint density at radius 1 is 0.952 bits per heavy atom. The third-order valence-corrected chi connectivity index (χ3v) is 3.27. The number of benzene rings is 2. The summed E-state index contributed by atoms with van der Waals surface area (Å²) >= 11 is 0. The van der Waals surface area contributed by atoms with Crippen LogP contribution in [-0.4, -0.2) is 13.2 Å². The van der Waals surface area contributed by atoms with Gasteiger partial charge in [0.15, 0.2) is 0 Å². The maximum absolute atomic E-state index is 5.75. The highest BCUT2D eigenvalue weighted by atomic mass is 16.5. The zero-order valence-electron chi connectivity index (χ0n) is 12.6. The average Bonchev–Trinajstić information content (AvgIpc) is 2.54. The van der Waals surface area contributed by atoms with Crippen molar-refractivity contribution in [3.05, 3.63) is 77.4 Å². The van der Waals surface area contributed by atoms with E-state index < -0.39 is 0 Å². The summed E-state index contributed by atoms with van der Waals surface area (Å²) in [6.45, 7) is 5.28. The fourth-order valence-corrected chi connectivity index (χ4v) is 2.12. The van der Waals surface area contributed by atoms with E-state index in [4.69, 9.17) is 4.74 Å². The van der Waals surface area contributed by atoms with Crippen molar-refractivity contribution < 1.29 is 4.74 Å². The summed E-state index contributed by atoms with van der Waals surface area (Å²) in [5.74, 6) is 0. The average molecular weight is 281 g/mol. The first-order chi connectivity index (χ1) is 10.4. The van der Waals surface area contributed by atoms with Crippen LogP contribution >= 0.6 is 0 Å². The molecule has 0 radical (unpaired) electrons. The molecule has 0 aliphatic carbocycles. The van der Waals surface area contributed by atoms with Crippen molar-refractivity contribution in [1.29, 1.82) is 0 Å². The van der Waals surface area contributed by atoms with Crippen LogP contribution in [0.15, 0.2) is 60.7 Å². The molecule has 0 aromatic heterocycles. The van der Waals surface area contributed by atoms with E-state index >= 15 is 0 Å². The van der Waals surface area contributed by atoms with Gasteiger partial charge in [-0.1, -0.05) is 73.7 Å². The van der Waals surface area contributed by atoms with Crippen LogP contribution < -0.4 is 5.32 Å². The minimum atomic E-state index is 0.629. The molecule has 0 saturated carbocycles. The van der Waals surface area contributed by atoms with Gasteiger partial charge in [0, 0.05) is 6.54 Å². The van der Waals surface area contributed by atoms with E-state index in [1.54, 1.807) is 0 Å². The van der Waals surface area contributed by atoms with Crippen molar-refractivity contribution in [2.24, 2.45) is 0 Å². The van der Waals surface area contributed by atoms with Gasteiger partial charge >= 0.3 is 0 Å². The Balaban J connectivity index is 1.79. The van der Waals surface area contributed by atoms with Crippen LogP contribution in [0.5, 0.6) is 0 Å². The van der Waals surface area contributed by atoms with E-state index in [0.717, 1.165) is 13.1 Å². The molecule has 110 valence electrons. The van der Waals surface area contributed by atoms with Gasteiger partial charge in [-0.25, -0.2) is 0 Å². The van der Waals surface area contributed by atoms with Gasteiger partial charge < -0.3 is 10.1 Å². The minimum absolute atomic E-state index is 0.629. The van der Waals surface area contributed by atoms with E-state index in [-0.39, 0.29) is 0 Å².